The van der Waals surface area contributed by atoms with Gasteiger partial charge in [0.25, 0.3) is 5.91 Å². The fourth-order valence-electron chi connectivity index (χ4n) is 2.81. The molecule has 0 spiro atoms. The van der Waals surface area contributed by atoms with Crippen LogP contribution in [0.5, 0.6) is 0 Å². The third kappa shape index (κ3) is 4.16. The second-order valence-electron chi connectivity index (χ2n) is 6.28. The highest BCUT2D eigenvalue weighted by Gasteiger charge is 2.24. The maximum absolute atomic E-state index is 12.3. The summed E-state index contributed by atoms with van der Waals surface area (Å²) in [5.41, 5.74) is 2.55. The Morgan fingerprint density at radius 3 is 2.90 bits per heavy atom. The fourth-order valence-corrected chi connectivity index (χ4v) is 4.59. The first-order chi connectivity index (χ1) is 14.6. The Bertz CT molecular complexity index is 1290. The largest absolute Gasteiger partial charge is 0.450 e. The van der Waals surface area contributed by atoms with Gasteiger partial charge in [0, 0.05) is 11.1 Å². The normalized spacial score (nSPS) is 16.6. The summed E-state index contributed by atoms with van der Waals surface area (Å²) < 4.78 is 5.84. The number of amides is 1. The van der Waals surface area contributed by atoms with Crippen molar-refractivity contribution in [1.82, 2.24) is 15.3 Å². The van der Waals surface area contributed by atoms with Gasteiger partial charge in [0.05, 0.1) is 21.6 Å². The Balaban J connectivity index is 1.31. The van der Waals surface area contributed by atoms with Crippen molar-refractivity contribution in [2.75, 3.05) is 0 Å². The van der Waals surface area contributed by atoms with Crippen LogP contribution in [0.4, 0.5) is 5.69 Å². The number of fused-ring (bicyclic) bond motifs is 1. The predicted octanol–water partition coefficient (Wildman–Crippen LogP) is 5.85. The van der Waals surface area contributed by atoms with Gasteiger partial charge in [0.1, 0.15) is 5.76 Å². The number of carbonyl (C=O) groups excluding carboxylic acids is 1. The van der Waals surface area contributed by atoms with Crippen molar-refractivity contribution in [2.45, 2.75) is 10.2 Å². The van der Waals surface area contributed by atoms with Crippen molar-refractivity contribution in [3.05, 3.63) is 76.4 Å². The number of aromatic amines is 1. The Morgan fingerprint density at radius 1 is 1.13 bits per heavy atom. The van der Waals surface area contributed by atoms with Gasteiger partial charge in [-0.2, -0.15) is 0 Å². The molecule has 1 aliphatic heterocycles. The van der Waals surface area contributed by atoms with Crippen LogP contribution in [0, 0.1) is 0 Å². The molecule has 0 bridgehead atoms. The summed E-state index contributed by atoms with van der Waals surface area (Å²) in [6.45, 7) is 0. The van der Waals surface area contributed by atoms with Crippen LogP contribution < -0.4 is 5.32 Å². The number of aromatic nitrogens is 2. The Kier molecular flexibility index (Phi) is 5.12. The standard InChI is InChI=1S/C21H13ClN4O2S2/c22-12-4-3-5-13(10-12)23-20-26-19(27)17(29-20)11-14-8-9-18(28-14)30-21-24-15-6-1-2-7-16(15)25-21/h1-11H,(H,24,25)(H,23,26,27). The van der Waals surface area contributed by atoms with Crippen molar-refractivity contribution in [1.29, 1.82) is 0 Å². The van der Waals surface area contributed by atoms with Crippen molar-refractivity contribution < 1.29 is 9.21 Å². The lowest BCUT2D eigenvalue weighted by Gasteiger charge is -1.96. The maximum atomic E-state index is 12.3. The summed E-state index contributed by atoms with van der Waals surface area (Å²) in [7, 11) is 0. The van der Waals surface area contributed by atoms with E-state index in [1.165, 1.54) is 23.5 Å². The topological polar surface area (TPSA) is 83.3 Å². The van der Waals surface area contributed by atoms with Crippen molar-refractivity contribution in [2.24, 2.45) is 4.99 Å². The number of carbonyl (C=O) groups is 1. The number of benzene rings is 2. The molecule has 2 aromatic heterocycles. The van der Waals surface area contributed by atoms with Gasteiger partial charge in [-0.15, -0.1) is 0 Å². The van der Waals surface area contributed by atoms with Gasteiger partial charge in [0.2, 0.25) is 0 Å². The van der Waals surface area contributed by atoms with Crippen LogP contribution in [0.1, 0.15) is 5.76 Å². The Labute approximate surface area is 184 Å². The molecule has 0 aliphatic carbocycles. The average molecular weight is 453 g/mol. The number of aliphatic imine (C=N–C) groups is 1. The van der Waals surface area contributed by atoms with Gasteiger partial charge in [-0.25, -0.2) is 9.98 Å². The molecule has 0 saturated carbocycles. The summed E-state index contributed by atoms with van der Waals surface area (Å²) in [5.74, 6) is 0.360. The van der Waals surface area contributed by atoms with Gasteiger partial charge >= 0.3 is 0 Å². The molecule has 1 fully saturated rings. The lowest BCUT2D eigenvalue weighted by atomic mass is 10.3. The second kappa shape index (κ2) is 8.06. The number of hydrogen-bond acceptors (Lipinski definition) is 6. The average Bonchev–Trinajstić information content (AvgIpc) is 3.41. The number of furan rings is 1. The molecule has 0 radical (unpaired) electrons. The minimum Gasteiger partial charge on any atom is -0.450 e. The van der Waals surface area contributed by atoms with Gasteiger partial charge in [0.15, 0.2) is 15.4 Å². The SMILES string of the molecule is O=C1NC(=Nc2cccc(Cl)c2)SC1=Cc1ccc(Sc2nc3ccccc3[nH]2)o1. The van der Waals surface area contributed by atoms with E-state index < -0.39 is 0 Å². The zero-order chi connectivity index (χ0) is 20.5. The lowest BCUT2D eigenvalue weighted by Crippen LogP contribution is -2.19. The van der Waals surface area contributed by atoms with Crippen LogP contribution in [0.25, 0.3) is 17.1 Å². The molecule has 1 amide bonds. The number of thioether (sulfide) groups is 1. The number of imidazole rings is 1. The highest BCUT2D eigenvalue weighted by Crippen LogP contribution is 2.32. The molecule has 6 nitrogen and oxygen atoms in total. The van der Waals surface area contributed by atoms with Gasteiger partial charge < -0.3 is 14.7 Å². The van der Waals surface area contributed by atoms with Crippen LogP contribution >= 0.6 is 35.1 Å². The molecule has 9 heteroatoms. The molecule has 3 heterocycles. The minimum atomic E-state index is -0.219. The number of H-pyrrole nitrogens is 1. The smallest absolute Gasteiger partial charge is 0.264 e. The van der Waals surface area contributed by atoms with Crippen LogP contribution in [-0.4, -0.2) is 21.0 Å². The Hall–Kier alpha value is -2.94. The third-order valence-electron chi connectivity index (χ3n) is 4.13. The number of amidine groups is 1. The van der Waals surface area contributed by atoms with Crippen molar-refractivity contribution >= 4 is 69.0 Å². The molecule has 0 atom stereocenters. The van der Waals surface area contributed by atoms with E-state index >= 15 is 0 Å². The number of nitrogens with one attached hydrogen (secondary N) is 2. The molecule has 1 saturated heterocycles. The van der Waals surface area contributed by atoms with E-state index in [-0.39, 0.29) is 5.91 Å². The highest BCUT2D eigenvalue weighted by atomic mass is 35.5. The summed E-state index contributed by atoms with van der Waals surface area (Å²) in [6.07, 6.45) is 1.70. The number of para-hydroxylation sites is 2. The van der Waals surface area contributed by atoms with E-state index in [2.05, 4.69) is 20.3 Å². The van der Waals surface area contributed by atoms with Crippen LogP contribution in [-0.2, 0) is 4.79 Å². The molecular weight excluding hydrogens is 440 g/mol. The van der Waals surface area contributed by atoms with E-state index in [0.717, 1.165) is 16.2 Å². The molecule has 0 unspecified atom stereocenters. The van der Waals surface area contributed by atoms with Crippen molar-refractivity contribution in [3.63, 3.8) is 0 Å². The first-order valence-corrected chi connectivity index (χ1v) is 10.9. The van der Waals surface area contributed by atoms with Crippen LogP contribution in [0.15, 0.2) is 85.2 Å². The molecule has 30 heavy (non-hydrogen) atoms. The van der Waals surface area contributed by atoms with E-state index in [9.17, 15) is 4.79 Å². The molecule has 2 N–H and O–H groups in total. The maximum Gasteiger partial charge on any atom is 0.264 e. The van der Waals surface area contributed by atoms with E-state index in [0.29, 0.717) is 31.6 Å². The number of rotatable bonds is 4. The predicted molar refractivity (Wildman–Crippen MR) is 121 cm³/mol. The first kappa shape index (κ1) is 19.0. The van der Waals surface area contributed by atoms with Gasteiger partial charge in [-0.05, 0) is 66.0 Å². The first-order valence-electron chi connectivity index (χ1n) is 8.90. The molecule has 148 valence electrons. The molecule has 4 aromatic rings. The highest BCUT2D eigenvalue weighted by molar-refractivity contribution is 8.18. The van der Waals surface area contributed by atoms with E-state index in [1.807, 2.05) is 48.5 Å². The number of halogens is 1. The summed E-state index contributed by atoms with van der Waals surface area (Å²) in [4.78, 5) is 25.0. The zero-order valence-electron chi connectivity index (χ0n) is 15.3. The quantitative estimate of drug-likeness (QED) is 0.379. The summed E-state index contributed by atoms with van der Waals surface area (Å²) in [6, 6.07) is 18.6. The summed E-state index contributed by atoms with van der Waals surface area (Å²) in [5, 5.41) is 5.26. The lowest BCUT2D eigenvalue weighted by molar-refractivity contribution is -0.115. The third-order valence-corrected chi connectivity index (χ3v) is 6.08. The monoisotopic (exact) mass is 452 g/mol. The van der Waals surface area contributed by atoms with E-state index in [4.69, 9.17) is 16.0 Å². The molecule has 2 aromatic carbocycles. The van der Waals surface area contributed by atoms with Gasteiger partial charge in [-0.3, -0.25) is 4.79 Å². The second-order valence-corrected chi connectivity index (χ2v) is 8.74. The molecular formula is C21H13ClN4O2S2. The van der Waals surface area contributed by atoms with Crippen LogP contribution in [0.3, 0.4) is 0 Å². The van der Waals surface area contributed by atoms with Crippen molar-refractivity contribution in [3.8, 4) is 0 Å². The van der Waals surface area contributed by atoms with E-state index in [1.54, 1.807) is 18.2 Å². The minimum absolute atomic E-state index is 0.219. The van der Waals surface area contributed by atoms with Gasteiger partial charge in [-0.1, -0.05) is 29.8 Å². The molecule has 5 rings (SSSR count). The fraction of sp³-hybridized carbons (Fsp3) is 0. The Morgan fingerprint density at radius 2 is 2.03 bits per heavy atom. The van der Waals surface area contributed by atoms with Crippen LogP contribution in [0.2, 0.25) is 5.02 Å². The summed E-state index contributed by atoms with van der Waals surface area (Å²) >= 11 is 8.63. The molecule has 1 aliphatic rings. The number of hydrogen-bond donors (Lipinski definition) is 2. The number of nitrogens with zero attached hydrogens (tertiary/aromatic N) is 2. The zero-order valence-corrected chi connectivity index (χ0v) is 17.6.